The molecule has 4 nitrogen and oxygen atoms in total. The molecule has 92 valence electrons. The van der Waals surface area contributed by atoms with Gasteiger partial charge >= 0.3 is 0 Å². The number of nitrogens with one attached hydrogen (secondary N) is 1. The van der Waals surface area contributed by atoms with Gasteiger partial charge in [0.05, 0.1) is 18.4 Å². The number of nitrogen functional groups attached to an aromatic ring is 1. The minimum absolute atomic E-state index is 0.168. The Morgan fingerprint density at radius 3 is 3.00 bits per heavy atom. The number of ether oxygens (including phenoxy) is 1. The fraction of sp³-hybridized carbons (Fsp3) is 0.308. The molecule has 3 N–H and O–H groups in total. The van der Waals surface area contributed by atoms with Crippen LogP contribution in [0.25, 0.3) is 0 Å². The fourth-order valence-corrected chi connectivity index (χ4v) is 1.51. The Balaban J connectivity index is 2.68. The van der Waals surface area contributed by atoms with Crippen LogP contribution >= 0.6 is 0 Å². The summed E-state index contributed by atoms with van der Waals surface area (Å²) < 4.78 is 5.12. The Morgan fingerprint density at radius 2 is 2.35 bits per heavy atom. The van der Waals surface area contributed by atoms with Crippen LogP contribution in [0.3, 0.4) is 0 Å². The first-order valence-electron chi connectivity index (χ1n) is 5.52. The number of carbonyl (C=O) groups excluding carboxylic acids is 1. The lowest BCUT2D eigenvalue weighted by molar-refractivity contribution is 0.0950. The number of benzene rings is 1. The second kappa shape index (κ2) is 6.58. The first-order valence-corrected chi connectivity index (χ1v) is 5.52. The molecule has 0 radical (unpaired) electrons. The van der Waals surface area contributed by atoms with Gasteiger partial charge in [-0.1, -0.05) is 12.1 Å². The standard InChI is InChI=1S/C13H18N2O2/c1-3-4-5-9-15-13(16)10-7-6-8-11(14)12(10)17-2/h3,6-8H,1,4-5,9,14H2,2H3,(H,15,16). The van der Waals surface area contributed by atoms with Crippen molar-refractivity contribution < 1.29 is 9.53 Å². The van der Waals surface area contributed by atoms with Gasteiger partial charge in [0, 0.05) is 6.54 Å². The summed E-state index contributed by atoms with van der Waals surface area (Å²) in [5.74, 6) is 0.256. The molecule has 1 aromatic carbocycles. The maximum Gasteiger partial charge on any atom is 0.255 e. The van der Waals surface area contributed by atoms with Crippen LogP contribution in [0, 0.1) is 0 Å². The number of para-hydroxylation sites is 1. The highest BCUT2D eigenvalue weighted by atomic mass is 16.5. The molecule has 1 amide bonds. The van der Waals surface area contributed by atoms with Crippen LogP contribution in [0.15, 0.2) is 30.9 Å². The van der Waals surface area contributed by atoms with Crippen molar-refractivity contribution >= 4 is 11.6 Å². The summed E-state index contributed by atoms with van der Waals surface area (Å²) in [4.78, 5) is 11.9. The van der Waals surface area contributed by atoms with E-state index >= 15 is 0 Å². The maximum absolute atomic E-state index is 11.9. The summed E-state index contributed by atoms with van der Waals surface area (Å²) in [5, 5.41) is 2.81. The Hall–Kier alpha value is -1.97. The number of unbranched alkanes of at least 4 members (excludes halogenated alkanes) is 1. The van der Waals surface area contributed by atoms with Crippen LogP contribution in [0.4, 0.5) is 5.69 Å². The number of nitrogens with two attached hydrogens (primary N) is 1. The number of rotatable bonds is 6. The molecular formula is C13H18N2O2. The van der Waals surface area contributed by atoms with Crippen molar-refractivity contribution in [1.82, 2.24) is 5.32 Å². The van der Waals surface area contributed by atoms with Crippen molar-refractivity contribution in [3.63, 3.8) is 0 Å². The zero-order valence-electron chi connectivity index (χ0n) is 10.0. The summed E-state index contributed by atoms with van der Waals surface area (Å²) in [7, 11) is 1.50. The van der Waals surface area contributed by atoms with E-state index in [2.05, 4.69) is 11.9 Å². The highest BCUT2D eigenvalue weighted by Crippen LogP contribution is 2.25. The molecule has 17 heavy (non-hydrogen) atoms. The predicted molar refractivity (Wildman–Crippen MR) is 69.2 cm³/mol. The molecule has 0 spiro atoms. The molecule has 1 rings (SSSR count). The molecule has 0 unspecified atom stereocenters. The van der Waals surface area contributed by atoms with E-state index in [4.69, 9.17) is 10.5 Å². The van der Waals surface area contributed by atoms with E-state index in [0.29, 0.717) is 23.5 Å². The van der Waals surface area contributed by atoms with Crippen LogP contribution < -0.4 is 15.8 Å². The minimum atomic E-state index is -0.168. The van der Waals surface area contributed by atoms with Crippen LogP contribution in [0.2, 0.25) is 0 Å². The zero-order chi connectivity index (χ0) is 12.7. The van der Waals surface area contributed by atoms with E-state index in [0.717, 1.165) is 12.8 Å². The van der Waals surface area contributed by atoms with Crippen molar-refractivity contribution in [3.8, 4) is 5.75 Å². The van der Waals surface area contributed by atoms with E-state index in [1.54, 1.807) is 18.2 Å². The highest BCUT2D eigenvalue weighted by Gasteiger charge is 2.13. The van der Waals surface area contributed by atoms with Gasteiger partial charge < -0.3 is 15.8 Å². The van der Waals surface area contributed by atoms with Gasteiger partial charge in [-0.05, 0) is 25.0 Å². The van der Waals surface area contributed by atoms with Crippen molar-refractivity contribution in [3.05, 3.63) is 36.4 Å². The summed E-state index contributed by atoms with van der Waals surface area (Å²) in [5.41, 5.74) is 6.66. The van der Waals surface area contributed by atoms with Gasteiger partial charge in [0.1, 0.15) is 0 Å². The van der Waals surface area contributed by atoms with Crippen molar-refractivity contribution in [2.24, 2.45) is 0 Å². The van der Waals surface area contributed by atoms with E-state index in [-0.39, 0.29) is 5.91 Å². The summed E-state index contributed by atoms with van der Waals surface area (Å²) >= 11 is 0. The molecule has 4 heteroatoms. The molecule has 0 bridgehead atoms. The highest BCUT2D eigenvalue weighted by molar-refractivity contribution is 5.98. The topological polar surface area (TPSA) is 64.4 Å². The third-order valence-electron chi connectivity index (χ3n) is 2.36. The third kappa shape index (κ3) is 3.52. The number of carbonyl (C=O) groups is 1. The quantitative estimate of drug-likeness (QED) is 0.449. The maximum atomic E-state index is 11.9. The molecule has 0 aliphatic carbocycles. The molecule has 0 saturated carbocycles. The normalized spacial score (nSPS) is 9.71. The molecule has 0 atom stereocenters. The Bertz CT molecular complexity index is 402. The van der Waals surface area contributed by atoms with Crippen molar-refractivity contribution in [2.45, 2.75) is 12.8 Å². The number of amides is 1. The fourth-order valence-electron chi connectivity index (χ4n) is 1.51. The van der Waals surface area contributed by atoms with Gasteiger partial charge in [-0.15, -0.1) is 6.58 Å². The average molecular weight is 234 g/mol. The molecule has 0 aliphatic heterocycles. The van der Waals surface area contributed by atoms with Crippen LogP contribution in [-0.4, -0.2) is 19.6 Å². The lowest BCUT2D eigenvalue weighted by atomic mass is 10.1. The van der Waals surface area contributed by atoms with Gasteiger partial charge in [0.15, 0.2) is 5.75 Å². The molecule has 0 saturated heterocycles. The van der Waals surface area contributed by atoms with Gasteiger partial charge in [0.25, 0.3) is 5.91 Å². The Labute approximate surface area is 101 Å². The van der Waals surface area contributed by atoms with E-state index in [9.17, 15) is 4.79 Å². The van der Waals surface area contributed by atoms with Crippen LogP contribution in [0.5, 0.6) is 5.75 Å². The monoisotopic (exact) mass is 234 g/mol. The Kier molecular flexibility index (Phi) is 5.07. The zero-order valence-corrected chi connectivity index (χ0v) is 10.0. The molecule has 0 aliphatic rings. The number of hydrogen-bond donors (Lipinski definition) is 2. The van der Waals surface area contributed by atoms with E-state index < -0.39 is 0 Å². The van der Waals surface area contributed by atoms with Gasteiger partial charge in [-0.3, -0.25) is 4.79 Å². The lowest BCUT2D eigenvalue weighted by Crippen LogP contribution is -2.25. The van der Waals surface area contributed by atoms with Gasteiger partial charge in [0.2, 0.25) is 0 Å². The largest absolute Gasteiger partial charge is 0.494 e. The number of anilines is 1. The second-order valence-corrected chi connectivity index (χ2v) is 3.61. The number of allylic oxidation sites excluding steroid dienone is 1. The van der Waals surface area contributed by atoms with Crippen molar-refractivity contribution in [2.75, 3.05) is 19.4 Å². The SMILES string of the molecule is C=CCCCNC(=O)c1cccc(N)c1OC. The van der Waals surface area contributed by atoms with E-state index in [1.165, 1.54) is 7.11 Å². The summed E-state index contributed by atoms with van der Waals surface area (Å²) in [6.07, 6.45) is 3.58. The second-order valence-electron chi connectivity index (χ2n) is 3.61. The Morgan fingerprint density at radius 1 is 1.59 bits per heavy atom. The summed E-state index contributed by atoms with van der Waals surface area (Å²) in [6, 6.07) is 5.13. The average Bonchev–Trinajstić information content (AvgIpc) is 2.34. The molecule has 1 aromatic rings. The number of methoxy groups -OCH3 is 1. The lowest BCUT2D eigenvalue weighted by Gasteiger charge is -2.10. The first-order chi connectivity index (χ1) is 8.20. The smallest absolute Gasteiger partial charge is 0.255 e. The van der Waals surface area contributed by atoms with Crippen LogP contribution in [-0.2, 0) is 0 Å². The molecule has 0 fully saturated rings. The third-order valence-corrected chi connectivity index (χ3v) is 2.36. The first kappa shape index (κ1) is 13.1. The van der Waals surface area contributed by atoms with Crippen LogP contribution in [0.1, 0.15) is 23.2 Å². The number of hydrogen-bond acceptors (Lipinski definition) is 3. The summed E-state index contributed by atoms with van der Waals surface area (Å²) in [6.45, 7) is 4.24. The van der Waals surface area contributed by atoms with Gasteiger partial charge in [-0.2, -0.15) is 0 Å². The minimum Gasteiger partial charge on any atom is -0.494 e. The molecule has 0 heterocycles. The molecular weight excluding hydrogens is 216 g/mol. The van der Waals surface area contributed by atoms with E-state index in [1.807, 2.05) is 6.08 Å². The van der Waals surface area contributed by atoms with Crippen molar-refractivity contribution in [1.29, 1.82) is 0 Å². The van der Waals surface area contributed by atoms with Gasteiger partial charge in [-0.25, -0.2) is 0 Å². The predicted octanol–water partition coefficient (Wildman–Crippen LogP) is 1.97. The molecule has 0 aromatic heterocycles.